The highest BCUT2D eigenvalue weighted by Crippen LogP contribution is 2.37. The first-order valence-electron chi connectivity index (χ1n) is 10.7. The summed E-state index contributed by atoms with van der Waals surface area (Å²) in [4.78, 5) is 21.3. The molecule has 4 rings (SSSR count). The SMILES string of the molecule is C=O.COc1ccc(NC2(C(=O)O)Cc3ccccc3C2)cc1SCCc1cccc(C)c1. The van der Waals surface area contributed by atoms with Gasteiger partial charge in [0.1, 0.15) is 18.1 Å². The Morgan fingerprint density at radius 2 is 1.76 bits per heavy atom. The molecule has 0 fully saturated rings. The van der Waals surface area contributed by atoms with E-state index in [0.29, 0.717) is 12.8 Å². The Bertz CT molecular complexity index is 1090. The maximum absolute atomic E-state index is 12.3. The van der Waals surface area contributed by atoms with E-state index >= 15 is 0 Å². The van der Waals surface area contributed by atoms with Gasteiger partial charge in [0.2, 0.25) is 0 Å². The van der Waals surface area contributed by atoms with Crippen LogP contribution in [-0.4, -0.2) is 36.3 Å². The Hall–Kier alpha value is -3.25. The number of benzene rings is 3. The minimum absolute atomic E-state index is 0.473. The van der Waals surface area contributed by atoms with Gasteiger partial charge in [-0.15, -0.1) is 11.8 Å². The highest BCUT2D eigenvalue weighted by molar-refractivity contribution is 7.99. The van der Waals surface area contributed by atoms with E-state index in [0.717, 1.165) is 39.6 Å². The van der Waals surface area contributed by atoms with E-state index in [9.17, 15) is 9.90 Å². The second-order valence-electron chi connectivity index (χ2n) is 8.09. The van der Waals surface area contributed by atoms with E-state index in [1.807, 2.05) is 49.3 Å². The summed E-state index contributed by atoms with van der Waals surface area (Å²) in [6.07, 6.45) is 1.91. The summed E-state index contributed by atoms with van der Waals surface area (Å²) < 4.78 is 5.55. The number of carbonyl (C=O) groups excluding carboxylic acids is 1. The van der Waals surface area contributed by atoms with Crippen molar-refractivity contribution in [3.05, 3.63) is 89.0 Å². The van der Waals surface area contributed by atoms with Gasteiger partial charge in [-0.3, -0.25) is 0 Å². The zero-order valence-corrected chi connectivity index (χ0v) is 19.8. The van der Waals surface area contributed by atoms with Crippen molar-refractivity contribution in [2.45, 2.75) is 36.6 Å². The van der Waals surface area contributed by atoms with Crippen LogP contribution in [0.2, 0.25) is 0 Å². The molecule has 0 radical (unpaired) electrons. The zero-order chi connectivity index (χ0) is 23.8. The van der Waals surface area contributed by atoms with Crippen molar-refractivity contribution in [1.29, 1.82) is 0 Å². The molecule has 0 atom stereocenters. The molecule has 5 nitrogen and oxygen atoms in total. The van der Waals surface area contributed by atoms with Crippen LogP contribution in [0.15, 0.2) is 71.6 Å². The molecule has 0 spiro atoms. The number of methoxy groups -OCH3 is 1. The van der Waals surface area contributed by atoms with Crippen molar-refractivity contribution in [1.82, 2.24) is 0 Å². The number of thioether (sulfide) groups is 1. The van der Waals surface area contributed by atoms with Crippen LogP contribution in [0, 0.1) is 6.92 Å². The molecule has 0 saturated carbocycles. The largest absolute Gasteiger partial charge is 0.496 e. The summed E-state index contributed by atoms with van der Waals surface area (Å²) >= 11 is 1.73. The molecular formula is C27H29NO4S. The molecule has 0 aromatic heterocycles. The van der Waals surface area contributed by atoms with Crippen molar-refractivity contribution in [2.24, 2.45) is 0 Å². The van der Waals surface area contributed by atoms with Crippen LogP contribution in [-0.2, 0) is 28.9 Å². The fraction of sp³-hybridized carbons (Fsp3) is 0.259. The van der Waals surface area contributed by atoms with Crippen LogP contribution in [0.1, 0.15) is 22.3 Å². The number of rotatable bonds is 8. The van der Waals surface area contributed by atoms with E-state index in [-0.39, 0.29) is 0 Å². The van der Waals surface area contributed by atoms with Gasteiger partial charge >= 0.3 is 5.97 Å². The topological polar surface area (TPSA) is 75.6 Å². The third-order valence-corrected chi connectivity index (χ3v) is 6.83. The number of carbonyl (C=O) groups is 2. The third kappa shape index (κ3) is 5.76. The normalized spacial score (nSPS) is 13.4. The quantitative estimate of drug-likeness (QED) is 0.448. The molecule has 1 aliphatic carbocycles. The number of ether oxygens (including phenoxy) is 1. The highest BCUT2D eigenvalue weighted by Gasteiger charge is 2.44. The van der Waals surface area contributed by atoms with Gasteiger partial charge in [0, 0.05) is 24.3 Å². The zero-order valence-electron chi connectivity index (χ0n) is 19.0. The molecule has 0 bridgehead atoms. The van der Waals surface area contributed by atoms with Gasteiger partial charge in [-0.25, -0.2) is 4.79 Å². The first-order chi connectivity index (χ1) is 16.0. The Labute approximate surface area is 199 Å². The smallest absolute Gasteiger partial charge is 0.330 e. The van der Waals surface area contributed by atoms with Crippen molar-refractivity contribution in [2.75, 3.05) is 18.2 Å². The number of fused-ring (bicyclic) bond motifs is 1. The maximum Gasteiger partial charge on any atom is 0.330 e. The first-order valence-corrected chi connectivity index (χ1v) is 11.7. The van der Waals surface area contributed by atoms with E-state index in [2.05, 4.69) is 36.5 Å². The van der Waals surface area contributed by atoms with Crippen LogP contribution in [0.5, 0.6) is 5.75 Å². The van der Waals surface area contributed by atoms with Gasteiger partial charge in [-0.1, -0.05) is 54.1 Å². The molecule has 2 N–H and O–H groups in total. The minimum Gasteiger partial charge on any atom is -0.496 e. The lowest BCUT2D eigenvalue weighted by Crippen LogP contribution is -2.47. The third-order valence-electron chi connectivity index (χ3n) is 5.79. The van der Waals surface area contributed by atoms with Crippen LogP contribution >= 0.6 is 11.8 Å². The number of hydrogen-bond acceptors (Lipinski definition) is 5. The maximum atomic E-state index is 12.3. The lowest BCUT2D eigenvalue weighted by Gasteiger charge is -2.27. The Morgan fingerprint density at radius 3 is 2.36 bits per heavy atom. The molecule has 0 heterocycles. The Balaban J connectivity index is 0.00000149. The van der Waals surface area contributed by atoms with Gasteiger partial charge in [0.25, 0.3) is 0 Å². The van der Waals surface area contributed by atoms with Crippen LogP contribution in [0.25, 0.3) is 0 Å². The van der Waals surface area contributed by atoms with Crippen LogP contribution in [0.3, 0.4) is 0 Å². The molecule has 172 valence electrons. The average Bonchev–Trinajstić information content (AvgIpc) is 3.20. The predicted molar refractivity (Wildman–Crippen MR) is 134 cm³/mol. The van der Waals surface area contributed by atoms with Crippen molar-refractivity contribution < 1.29 is 19.4 Å². The van der Waals surface area contributed by atoms with Crippen LogP contribution in [0.4, 0.5) is 5.69 Å². The predicted octanol–water partition coefficient (Wildman–Crippen LogP) is 5.19. The number of nitrogens with one attached hydrogen (secondary N) is 1. The summed E-state index contributed by atoms with van der Waals surface area (Å²) in [5.74, 6) is 0.894. The number of aryl methyl sites for hydroxylation is 2. The summed E-state index contributed by atoms with van der Waals surface area (Å²) in [5, 5.41) is 13.4. The summed E-state index contributed by atoms with van der Waals surface area (Å²) in [5.41, 5.74) is 4.55. The standard InChI is InChI=1S/C26H27NO3S.CH2O/c1-18-6-5-7-19(14-18)12-13-31-24-15-22(10-11-23(24)30-2)27-26(25(28)29)16-20-8-3-4-9-21(20)17-26;1-2/h3-11,14-15,27H,12-13,16-17H2,1-2H3,(H,28,29);1H2. The van der Waals surface area contributed by atoms with Gasteiger partial charge in [-0.05, 0) is 48.2 Å². The molecule has 0 aliphatic heterocycles. The van der Waals surface area contributed by atoms with Gasteiger partial charge in [0.15, 0.2) is 0 Å². The number of aliphatic carboxylic acids is 1. The van der Waals surface area contributed by atoms with E-state index in [1.165, 1.54) is 11.1 Å². The van der Waals surface area contributed by atoms with E-state index in [1.54, 1.807) is 18.9 Å². The Kier molecular flexibility index (Phi) is 8.17. The summed E-state index contributed by atoms with van der Waals surface area (Å²) in [6, 6.07) is 22.3. The highest BCUT2D eigenvalue weighted by atomic mass is 32.2. The first kappa shape index (κ1) is 24.4. The van der Waals surface area contributed by atoms with Gasteiger partial charge in [0.05, 0.1) is 12.0 Å². The van der Waals surface area contributed by atoms with Gasteiger partial charge in [-0.2, -0.15) is 0 Å². The number of hydrogen-bond donors (Lipinski definition) is 2. The molecule has 0 saturated heterocycles. The fourth-order valence-corrected chi connectivity index (χ4v) is 5.26. The molecule has 3 aromatic rings. The molecule has 3 aromatic carbocycles. The average molecular weight is 464 g/mol. The van der Waals surface area contributed by atoms with E-state index in [4.69, 9.17) is 9.53 Å². The molecule has 0 amide bonds. The number of carboxylic acid groups (broad SMARTS) is 1. The monoisotopic (exact) mass is 463 g/mol. The molecular weight excluding hydrogens is 434 g/mol. The van der Waals surface area contributed by atoms with Gasteiger partial charge < -0.3 is 20.0 Å². The lowest BCUT2D eigenvalue weighted by atomic mass is 9.95. The van der Waals surface area contributed by atoms with Crippen LogP contribution < -0.4 is 10.1 Å². The Morgan fingerprint density at radius 1 is 1.06 bits per heavy atom. The van der Waals surface area contributed by atoms with Crippen molar-refractivity contribution in [3.8, 4) is 5.75 Å². The second-order valence-corrected chi connectivity index (χ2v) is 9.22. The fourth-order valence-electron chi connectivity index (χ4n) is 4.20. The minimum atomic E-state index is -1.03. The van der Waals surface area contributed by atoms with Crippen molar-refractivity contribution >= 4 is 30.2 Å². The van der Waals surface area contributed by atoms with E-state index < -0.39 is 11.5 Å². The number of carboxylic acids is 1. The molecule has 6 heteroatoms. The van der Waals surface area contributed by atoms with Crippen molar-refractivity contribution in [3.63, 3.8) is 0 Å². The molecule has 1 aliphatic rings. The second kappa shape index (κ2) is 11.1. The summed E-state index contributed by atoms with van der Waals surface area (Å²) in [6.45, 7) is 4.11. The molecule has 0 unspecified atom stereocenters. The lowest BCUT2D eigenvalue weighted by molar-refractivity contribution is -0.142. The number of anilines is 1. The summed E-state index contributed by atoms with van der Waals surface area (Å²) in [7, 11) is 1.67. The molecule has 33 heavy (non-hydrogen) atoms.